The molecule has 26 heavy (non-hydrogen) atoms. The maximum atomic E-state index is 6.14. The van der Waals surface area contributed by atoms with Gasteiger partial charge in [0, 0.05) is 49.5 Å². The van der Waals surface area contributed by atoms with Gasteiger partial charge in [-0.25, -0.2) is 4.99 Å². The number of aliphatic imine (C=N–C) groups is 2. The highest BCUT2D eigenvalue weighted by atomic mass is 16.5. The quantitative estimate of drug-likeness (QED) is 0.486. The molecule has 2 aromatic rings. The number of hydrogen-bond donors (Lipinski definition) is 1. The van der Waals surface area contributed by atoms with Gasteiger partial charge in [0.1, 0.15) is 5.84 Å². The van der Waals surface area contributed by atoms with Crippen molar-refractivity contribution in [1.82, 2.24) is 4.98 Å². The summed E-state index contributed by atoms with van der Waals surface area (Å²) in [5.74, 6) is 7.48. The molecule has 0 radical (unpaired) electrons. The molecule has 5 heteroatoms. The number of pyridine rings is 1. The van der Waals surface area contributed by atoms with E-state index in [0.29, 0.717) is 17.6 Å². The summed E-state index contributed by atoms with van der Waals surface area (Å²) in [4.78, 5) is 12.6. The van der Waals surface area contributed by atoms with Crippen molar-refractivity contribution in [2.75, 3.05) is 20.3 Å². The fraction of sp³-hybridized carbons (Fsp3) is 0.381. The molecule has 1 aromatic carbocycles. The molecule has 5 nitrogen and oxygen atoms in total. The van der Waals surface area contributed by atoms with Gasteiger partial charge in [-0.15, -0.1) is 0 Å². The highest BCUT2D eigenvalue weighted by Gasteiger charge is 2.10. The number of fused-ring (bicyclic) bond motifs is 1. The predicted molar refractivity (Wildman–Crippen MR) is 108 cm³/mol. The van der Waals surface area contributed by atoms with Crippen molar-refractivity contribution in [1.29, 1.82) is 0 Å². The first kappa shape index (κ1) is 19.6. The van der Waals surface area contributed by atoms with Crippen LogP contribution in [0.3, 0.4) is 0 Å². The molecule has 0 spiro atoms. The minimum absolute atomic E-state index is 0.347. The molecule has 2 heterocycles. The highest BCUT2D eigenvalue weighted by Crippen LogP contribution is 2.15. The van der Waals surface area contributed by atoms with Crippen LogP contribution >= 0.6 is 0 Å². The Morgan fingerprint density at radius 1 is 1.19 bits per heavy atom. The molecule has 1 aliphatic rings. The first-order chi connectivity index (χ1) is 12.8. The molecule has 0 bridgehead atoms. The molecule has 0 aliphatic carbocycles. The lowest BCUT2D eigenvalue weighted by Gasteiger charge is -2.16. The minimum Gasteiger partial charge on any atom is -0.383 e. The molecule has 0 atom stereocenters. The van der Waals surface area contributed by atoms with E-state index in [1.807, 2.05) is 44.3 Å². The zero-order chi connectivity index (χ0) is 18.8. The van der Waals surface area contributed by atoms with Gasteiger partial charge in [-0.2, -0.15) is 0 Å². The van der Waals surface area contributed by atoms with E-state index in [2.05, 4.69) is 26.8 Å². The van der Waals surface area contributed by atoms with Gasteiger partial charge in [0.05, 0.1) is 0 Å². The van der Waals surface area contributed by atoms with Crippen LogP contribution in [-0.4, -0.2) is 36.9 Å². The number of nitrogens with two attached hydrogens (primary N) is 1. The van der Waals surface area contributed by atoms with Crippen LogP contribution in [0.1, 0.15) is 32.3 Å². The van der Waals surface area contributed by atoms with Gasteiger partial charge in [-0.05, 0) is 36.3 Å². The molecule has 1 fully saturated rings. The van der Waals surface area contributed by atoms with Crippen molar-refractivity contribution in [2.45, 2.75) is 26.7 Å². The summed E-state index contributed by atoms with van der Waals surface area (Å²) in [6, 6.07) is 7.86. The highest BCUT2D eigenvalue weighted by molar-refractivity contribution is 6.11. The van der Waals surface area contributed by atoms with E-state index in [1.54, 1.807) is 13.2 Å². The smallest absolute Gasteiger partial charge is 0.201 e. The molecular weight excluding hydrogens is 324 g/mol. The van der Waals surface area contributed by atoms with E-state index in [9.17, 15) is 0 Å². The molecule has 0 unspecified atom stereocenters. The van der Waals surface area contributed by atoms with Crippen LogP contribution in [0, 0.1) is 17.8 Å². The predicted octanol–water partition coefficient (Wildman–Crippen LogP) is 3.42. The van der Waals surface area contributed by atoms with Crippen molar-refractivity contribution in [3.05, 3.63) is 42.2 Å². The summed E-state index contributed by atoms with van der Waals surface area (Å²) in [5.41, 5.74) is 6.99. The van der Waals surface area contributed by atoms with E-state index < -0.39 is 0 Å². The van der Waals surface area contributed by atoms with Gasteiger partial charge in [-0.3, -0.25) is 9.98 Å². The van der Waals surface area contributed by atoms with Crippen LogP contribution in [0.4, 0.5) is 0 Å². The monoisotopic (exact) mass is 350 g/mol. The summed E-state index contributed by atoms with van der Waals surface area (Å²) in [7, 11) is 1.68. The Bertz CT molecular complexity index is 840. The van der Waals surface area contributed by atoms with Crippen LogP contribution in [0.2, 0.25) is 0 Å². The fourth-order valence-electron chi connectivity index (χ4n) is 2.56. The number of nitrogens with zero attached hydrogens (tertiary/aromatic N) is 3. The van der Waals surface area contributed by atoms with E-state index in [-0.39, 0.29) is 0 Å². The number of ether oxygens (including phenoxy) is 1. The topological polar surface area (TPSA) is 72.9 Å². The van der Waals surface area contributed by atoms with Crippen molar-refractivity contribution >= 4 is 22.4 Å². The van der Waals surface area contributed by atoms with Gasteiger partial charge < -0.3 is 10.5 Å². The van der Waals surface area contributed by atoms with Crippen LogP contribution in [0.25, 0.3) is 10.8 Å². The van der Waals surface area contributed by atoms with E-state index >= 15 is 0 Å². The second-order valence-electron chi connectivity index (χ2n) is 5.64. The Hall–Kier alpha value is -2.71. The van der Waals surface area contributed by atoms with Crippen LogP contribution < -0.4 is 5.73 Å². The molecule has 1 saturated heterocycles. The second kappa shape index (κ2) is 10.3. The third kappa shape index (κ3) is 5.40. The first-order valence-electron chi connectivity index (χ1n) is 9.00. The third-order valence-electron chi connectivity index (χ3n) is 3.98. The maximum absolute atomic E-state index is 6.14. The van der Waals surface area contributed by atoms with Gasteiger partial charge in [0.2, 0.25) is 5.84 Å². The van der Waals surface area contributed by atoms with Crippen molar-refractivity contribution in [2.24, 2.45) is 21.6 Å². The number of amidine groups is 2. The lowest BCUT2D eigenvalue weighted by molar-refractivity contribution is 0.0807. The summed E-state index contributed by atoms with van der Waals surface area (Å²) in [5, 5.41) is 2.14. The Morgan fingerprint density at radius 3 is 2.69 bits per heavy atom. The Labute approximate surface area is 155 Å². The Morgan fingerprint density at radius 2 is 1.96 bits per heavy atom. The molecule has 0 amide bonds. The standard InChI is InChI=1S/C19H20N4O.C2H6/c1-21-18(5-2-14-7-10-24-11-8-14)23-19(20)16-3-4-17-13-22-9-6-15(17)12-16;1-2/h3-4,6,9,12-14H,7-8,10-11H2,1H3,(H2,20,21,23);1-2H3. The molecular formula is C21H26N4O. The van der Waals surface area contributed by atoms with E-state index in [1.165, 1.54) is 0 Å². The molecule has 2 N–H and O–H groups in total. The SMILES string of the molecule is CC.CN=C(C#CC1CCOCC1)N=C(N)c1ccc2cnccc2c1. The zero-order valence-corrected chi connectivity index (χ0v) is 15.7. The number of hydrogen-bond acceptors (Lipinski definition) is 3. The largest absolute Gasteiger partial charge is 0.383 e. The average Bonchev–Trinajstić information content (AvgIpc) is 2.72. The maximum Gasteiger partial charge on any atom is 0.201 e. The van der Waals surface area contributed by atoms with Crippen molar-refractivity contribution in [3.63, 3.8) is 0 Å². The van der Waals surface area contributed by atoms with Gasteiger partial charge >= 0.3 is 0 Å². The molecule has 1 aliphatic heterocycles. The average molecular weight is 350 g/mol. The molecule has 1 aromatic heterocycles. The summed E-state index contributed by atoms with van der Waals surface area (Å²) in [6.07, 6.45) is 5.51. The zero-order valence-electron chi connectivity index (χ0n) is 15.7. The summed E-state index contributed by atoms with van der Waals surface area (Å²) >= 11 is 0. The van der Waals surface area contributed by atoms with Gasteiger partial charge in [0.25, 0.3) is 0 Å². The fourth-order valence-corrected chi connectivity index (χ4v) is 2.56. The lowest BCUT2D eigenvalue weighted by atomic mass is 10.0. The first-order valence-corrected chi connectivity index (χ1v) is 9.00. The molecule has 136 valence electrons. The lowest BCUT2D eigenvalue weighted by Crippen LogP contribution is -2.16. The van der Waals surface area contributed by atoms with Gasteiger partial charge in [0.15, 0.2) is 0 Å². The third-order valence-corrected chi connectivity index (χ3v) is 3.98. The summed E-state index contributed by atoms with van der Waals surface area (Å²) in [6.45, 7) is 5.55. The van der Waals surface area contributed by atoms with Gasteiger partial charge in [-0.1, -0.05) is 31.9 Å². The number of benzene rings is 1. The number of aromatic nitrogens is 1. The summed E-state index contributed by atoms with van der Waals surface area (Å²) < 4.78 is 5.34. The second-order valence-corrected chi connectivity index (χ2v) is 5.64. The van der Waals surface area contributed by atoms with E-state index in [4.69, 9.17) is 10.5 Å². The Balaban J connectivity index is 0.00000117. The molecule has 3 rings (SSSR count). The minimum atomic E-state index is 0.347. The van der Waals surface area contributed by atoms with Crippen LogP contribution in [-0.2, 0) is 4.74 Å². The van der Waals surface area contributed by atoms with E-state index in [0.717, 1.165) is 42.4 Å². The van der Waals surface area contributed by atoms with Crippen molar-refractivity contribution < 1.29 is 4.74 Å². The molecule has 0 saturated carbocycles. The normalized spacial score (nSPS) is 15.7. The van der Waals surface area contributed by atoms with Crippen molar-refractivity contribution in [3.8, 4) is 11.8 Å². The Kier molecular flexibility index (Phi) is 7.78. The van der Waals surface area contributed by atoms with Crippen LogP contribution in [0.15, 0.2) is 46.6 Å². The van der Waals surface area contributed by atoms with Crippen LogP contribution in [0.5, 0.6) is 0 Å². The number of rotatable bonds is 1.